The summed E-state index contributed by atoms with van der Waals surface area (Å²) >= 11 is 0. The van der Waals surface area contributed by atoms with Crippen LogP contribution in [0.3, 0.4) is 0 Å². The molecule has 0 unspecified atom stereocenters. The Morgan fingerprint density at radius 3 is 2.11 bits per heavy atom. The van der Waals surface area contributed by atoms with Crippen LogP contribution in [0.1, 0.15) is 56.3 Å². The average Bonchev–Trinajstić information content (AvgIpc) is 2.82. The molecular formula is C26H39N3O5S. The van der Waals surface area contributed by atoms with Gasteiger partial charge in [0.05, 0.1) is 17.9 Å². The van der Waals surface area contributed by atoms with Crippen LogP contribution in [0.5, 0.6) is 11.5 Å². The normalized spacial score (nSPS) is 11.5. The summed E-state index contributed by atoms with van der Waals surface area (Å²) in [5.41, 5.74) is 0.648. The second-order valence-electron chi connectivity index (χ2n) is 8.77. The predicted molar refractivity (Wildman–Crippen MR) is 140 cm³/mol. The molecule has 2 rings (SSSR count). The molecule has 0 aliphatic rings. The Bertz CT molecular complexity index is 1030. The molecule has 0 aliphatic heterocycles. The van der Waals surface area contributed by atoms with Crippen molar-refractivity contribution in [1.29, 1.82) is 0 Å². The molecule has 0 heterocycles. The summed E-state index contributed by atoms with van der Waals surface area (Å²) in [6.45, 7) is 6.56. The largest absolute Gasteiger partial charge is 0.462 e. The monoisotopic (exact) mass is 505 g/mol. The van der Waals surface area contributed by atoms with Crippen molar-refractivity contribution in [3.8, 4) is 11.5 Å². The fraction of sp³-hybridized carbons (Fsp3) is 0.500. The first-order chi connectivity index (χ1) is 16.7. The lowest BCUT2D eigenvalue weighted by molar-refractivity contribution is 0.0493. The van der Waals surface area contributed by atoms with E-state index < -0.39 is 16.0 Å². The smallest absolute Gasteiger partial charge is 0.338 e. The van der Waals surface area contributed by atoms with Gasteiger partial charge in [-0.15, -0.1) is 0 Å². The second-order valence-corrected chi connectivity index (χ2v) is 10.3. The van der Waals surface area contributed by atoms with Crippen molar-refractivity contribution in [2.75, 3.05) is 45.2 Å². The van der Waals surface area contributed by atoms with Crippen LogP contribution in [0.2, 0.25) is 0 Å². The lowest BCUT2D eigenvalue weighted by Gasteiger charge is -2.28. The molecule has 0 aliphatic carbocycles. The summed E-state index contributed by atoms with van der Waals surface area (Å²) in [6, 6.07) is 11.8. The zero-order chi connectivity index (χ0) is 25.8. The summed E-state index contributed by atoms with van der Waals surface area (Å²) in [5.74, 6) is 0.00533. The first-order valence-electron chi connectivity index (χ1n) is 12.2. The lowest BCUT2D eigenvalue weighted by atomic mass is 10.1. The van der Waals surface area contributed by atoms with Crippen LogP contribution in [-0.2, 0) is 14.8 Å². The molecule has 0 fully saturated rings. The SMILES string of the molecule is CCCCN(CCCC)c1cc(C(=O)OCCCN(C)C)cc(S(N)(=O)=O)c1Oc1ccccc1. The van der Waals surface area contributed by atoms with Gasteiger partial charge in [0.15, 0.2) is 5.75 Å². The van der Waals surface area contributed by atoms with E-state index >= 15 is 0 Å². The highest BCUT2D eigenvalue weighted by Gasteiger charge is 2.26. The second kappa shape index (κ2) is 14.1. The van der Waals surface area contributed by atoms with Gasteiger partial charge in [0, 0.05) is 19.6 Å². The van der Waals surface area contributed by atoms with Gasteiger partial charge < -0.3 is 19.3 Å². The van der Waals surface area contributed by atoms with E-state index in [1.54, 1.807) is 30.3 Å². The van der Waals surface area contributed by atoms with Crippen LogP contribution in [0.4, 0.5) is 5.69 Å². The number of nitrogens with two attached hydrogens (primary N) is 1. The minimum absolute atomic E-state index is 0.120. The number of sulfonamides is 1. The van der Waals surface area contributed by atoms with Crippen LogP contribution in [0.15, 0.2) is 47.4 Å². The lowest BCUT2D eigenvalue weighted by Crippen LogP contribution is -2.27. The number of primary sulfonamides is 1. The van der Waals surface area contributed by atoms with E-state index in [0.717, 1.165) is 32.2 Å². The third-order valence-electron chi connectivity index (χ3n) is 5.43. The summed E-state index contributed by atoms with van der Waals surface area (Å²) in [6.07, 6.45) is 4.40. The van der Waals surface area contributed by atoms with Crippen molar-refractivity contribution >= 4 is 21.7 Å². The molecule has 194 valence electrons. The number of unbranched alkanes of at least 4 members (excludes halogenated alkanes) is 2. The van der Waals surface area contributed by atoms with Crippen LogP contribution >= 0.6 is 0 Å². The van der Waals surface area contributed by atoms with E-state index in [9.17, 15) is 13.2 Å². The number of rotatable bonds is 15. The number of carbonyl (C=O) groups is 1. The number of esters is 1. The first-order valence-corrected chi connectivity index (χ1v) is 13.7. The summed E-state index contributed by atoms with van der Waals surface area (Å²) < 4.78 is 36.9. The van der Waals surface area contributed by atoms with Crippen molar-refractivity contribution in [3.05, 3.63) is 48.0 Å². The summed E-state index contributed by atoms with van der Waals surface area (Å²) in [4.78, 5) is 16.7. The molecule has 0 bridgehead atoms. The number of hydrogen-bond donors (Lipinski definition) is 1. The molecule has 35 heavy (non-hydrogen) atoms. The molecule has 2 N–H and O–H groups in total. The third-order valence-corrected chi connectivity index (χ3v) is 6.34. The van der Waals surface area contributed by atoms with E-state index in [-0.39, 0.29) is 22.8 Å². The molecular weight excluding hydrogens is 466 g/mol. The van der Waals surface area contributed by atoms with Crippen molar-refractivity contribution < 1.29 is 22.7 Å². The molecule has 8 nitrogen and oxygen atoms in total. The van der Waals surface area contributed by atoms with Gasteiger partial charge in [-0.05, 0) is 57.6 Å². The minimum atomic E-state index is -4.21. The standard InChI is InChI=1S/C26H39N3O5S/c1-5-7-16-29(17-8-6-2)23-19-21(26(30)33-18-12-15-28(3)4)20-24(35(27,31)32)25(23)34-22-13-10-9-11-14-22/h9-11,13-14,19-20H,5-8,12,15-18H2,1-4H3,(H2,27,31,32). The first kappa shape index (κ1) is 28.6. The van der Waals surface area contributed by atoms with Gasteiger partial charge in [-0.25, -0.2) is 18.4 Å². The molecule has 0 radical (unpaired) electrons. The molecule has 0 spiro atoms. The van der Waals surface area contributed by atoms with Crippen LogP contribution in [-0.4, -0.2) is 59.6 Å². The number of nitrogens with zero attached hydrogens (tertiary/aromatic N) is 2. The number of anilines is 1. The Morgan fingerprint density at radius 1 is 0.943 bits per heavy atom. The van der Waals surface area contributed by atoms with Gasteiger partial charge in [-0.3, -0.25) is 0 Å². The molecule has 2 aromatic carbocycles. The predicted octanol–water partition coefficient (Wildman–Crippen LogP) is 4.64. The van der Waals surface area contributed by atoms with Crippen LogP contribution < -0.4 is 14.8 Å². The molecule has 0 saturated heterocycles. The number of benzene rings is 2. The van der Waals surface area contributed by atoms with Crippen LogP contribution in [0, 0.1) is 0 Å². The molecule has 9 heteroatoms. The molecule has 0 aromatic heterocycles. The maximum absolute atomic E-state index is 12.9. The highest BCUT2D eigenvalue weighted by atomic mass is 32.2. The van der Waals surface area contributed by atoms with Gasteiger partial charge in [-0.1, -0.05) is 44.9 Å². The number of carbonyl (C=O) groups excluding carboxylic acids is 1. The van der Waals surface area contributed by atoms with Gasteiger partial charge in [0.2, 0.25) is 10.0 Å². The van der Waals surface area contributed by atoms with Gasteiger partial charge in [0.25, 0.3) is 0 Å². The van der Waals surface area contributed by atoms with E-state index in [0.29, 0.717) is 30.9 Å². The maximum Gasteiger partial charge on any atom is 0.338 e. The van der Waals surface area contributed by atoms with Gasteiger partial charge in [0.1, 0.15) is 10.6 Å². The van der Waals surface area contributed by atoms with Crippen molar-refractivity contribution in [2.24, 2.45) is 5.14 Å². The van der Waals surface area contributed by atoms with E-state index in [1.807, 2.05) is 25.1 Å². The van der Waals surface area contributed by atoms with E-state index in [2.05, 4.69) is 18.7 Å². The zero-order valence-corrected chi connectivity index (χ0v) is 22.1. The Balaban J connectivity index is 2.58. The molecule has 0 atom stereocenters. The fourth-order valence-corrected chi connectivity index (χ4v) is 4.24. The van der Waals surface area contributed by atoms with Crippen molar-refractivity contribution in [2.45, 2.75) is 50.8 Å². The molecule has 0 saturated carbocycles. The highest BCUT2D eigenvalue weighted by molar-refractivity contribution is 7.89. The Hall–Kier alpha value is -2.62. The third kappa shape index (κ3) is 9.16. The van der Waals surface area contributed by atoms with Crippen LogP contribution in [0.25, 0.3) is 0 Å². The minimum Gasteiger partial charge on any atom is -0.462 e. The summed E-state index contributed by atoms with van der Waals surface area (Å²) in [7, 11) is -0.322. The van der Waals surface area contributed by atoms with E-state index in [4.69, 9.17) is 14.6 Å². The Kier molecular flexibility index (Phi) is 11.5. The van der Waals surface area contributed by atoms with Crippen molar-refractivity contribution in [3.63, 3.8) is 0 Å². The quantitative estimate of drug-likeness (QED) is 0.278. The maximum atomic E-state index is 12.9. The Morgan fingerprint density at radius 2 is 1.57 bits per heavy atom. The van der Waals surface area contributed by atoms with Gasteiger partial charge in [-0.2, -0.15) is 0 Å². The fourth-order valence-electron chi connectivity index (χ4n) is 3.54. The molecule has 0 amide bonds. The average molecular weight is 506 g/mol. The topological polar surface area (TPSA) is 102 Å². The highest BCUT2D eigenvalue weighted by Crippen LogP contribution is 2.39. The molecule has 2 aromatic rings. The Labute approximate surface area is 210 Å². The number of hydrogen-bond acceptors (Lipinski definition) is 7. The summed E-state index contributed by atoms with van der Waals surface area (Å²) in [5, 5.41) is 5.62. The van der Waals surface area contributed by atoms with Crippen molar-refractivity contribution in [1.82, 2.24) is 4.90 Å². The van der Waals surface area contributed by atoms with Gasteiger partial charge >= 0.3 is 5.97 Å². The van der Waals surface area contributed by atoms with E-state index in [1.165, 1.54) is 6.07 Å². The zero-order valence-electron chi connectivity index (χ0n) is 21.3. The number of para-hydroxylation sites is 1. The number of ether oxygens (including phenoxy) is 2.